The fraction of sp³-hybridized carbons (Fsp3) is 0.304. The van der Waals surface area contributed by atoms with Gasteiger partial charge in [-0.25, -0.2) is 0 Å². The van der Waals surface area contributed by atoms with Crippen LogP contribution in [0.15, 0.2) is 52.3 Å². The predicted molar refractivity (Wildman–Crippen MR) is 116 cm³/mol. The van der Waals surface area contributed by atoms with E-state index in [1.54, 1.807) is 18.0 Å². The van der Waals surface area contributed by atoms with Gasteiger partial charge in [0.1, 0.15) is 0 Å². The molecule has 2 aromatic carbocycles. The van der Waals surface area contributed by atoms with E-state index in [1.165, 1.54) is 11.8 Å². The number of anilines is 1. The highest BCUT2D eigenvalue weighted by Gasteiger charge is 2.27. The lowest BCUT2D eigenvalue weighted by molar-refractivity contribution is -0.114. The number of hydrogen-bond acceptors (Lipinski definition) is 4. The summed E-state index contributed by atoms with van der Waals surface area (Å²) in [5.74, 6) is -0.212. The molecule has 1 atom stereocenters. The molecule has 1 fully saturated rings. The third-order valence-corrected chi connectivity index (χ3v) is 6.25. The number of nitrogens with one attached hydrogen (secondary N) is 1. The molecule has 2 aromatic rings. The Labute approximate surface area is 175 Å². The summed E-state index contributed by atoms with van der Waals surface area (Å²) in [7, 11) is 1.75. The zero-order valence-corrected chi connectivity index (χ0v) is 17.4. The number of thioether (sulfide) groups is 1. The van der Waals surface area contributed by atoms with Gasteiger partial charge in [0.25, 0.3) is 11.8 Å². The molecule has 1 saturated heterocycles. The van der Waals surface area contributed by atoms with Crippen molar-refractivity contribution < 1.29 is 14.3 Å². The molecule has 0 spiro atoms. The number of carbonyl (C=O) groups excluding carboxylic acids is 2. The van der Waals surface area contributed by atoms with Crippen molar-refractivity contribution in [2.45, 2.75) is 30.8 Å². The van der Waals surface area contributed by atoms with Crippen molar-refractivity contribution >= 4 is 35.3 Å². The third-order valence-electron chi connectivity index (χ3n) is 5.17. The molecule has 2 aliphatic heterocycles. The molecule has 150 valence electrons. The van der Waals surface area contributed by atoms with E-state index < -0.39 is 0 Å². The van der Waals surface area contributed by atoms with E-state index in [2.05, 4.69) is 11.4 Å². The second-order valence-electron chi connectivity index (χ2n) is 7.42. The number of rotatable bonds is 4. The van der Waals surface area contributed by atoms with E-state index in [-0.39, 0.29) is 17.9 Å². The second-order valence-corrected chi connectivity index (χ2v) is 8.50. The van der Waals surface area contributed by atoms with Crippen LogP contribution in [0.5, 0.6) is 0 Å². The highest BCUT2D eigenvalue weighted by molar-refractivity contribution is 8.04. The first-order chi connectivity index (χ1) is 14.0. The Balaban J connectivity index is 1.53. The molecule has 1 unspecified atom stereocenters. The Morgan fingerprint density at radius 3 is 2.93 bits per heavy atom. The number of aryl methyl sites for hydroxylation is 1. The lowest BCUT2D eigenvalue weighted by Crippen LogP contribution is -2.33. The molecule has 5 nitrogen and oxygen atoms in total. The standard InChI is InChI=1S/C23H24N2O3S/c1-15-5-3-6-16(11-15)12-21-23(27)25(2)19-13-17(8-9-20(19)29-21)22(26)24-14-18-7-4-10-28-18/h3,5-6,8-9,11-13,18H,4,7,10,14H2,1-2H3,(H,24,26). The van der Waals surface area contributed by atoms with Crippen LogP contribution in [0, 0.1) is 6.92 Å². The normalized spacial score (nSPS) is 20.1. The topological polar surface area (TPSA) is 58.6 Å². The molecule has 0 radical (unpaired) electrons. The number of ether oxygens (including phenoxy) is 1. The Kier molecular flexibility index (Phi) is 5.74. The van der Waals surface area contributed by atoms with Gasteiger partial charge in [0.05, 0.1) is 16.7 Å². The molecular weight excluding hydrogens is 384 g/mol. The van der Waals surface area contributed by atoms with Crippen LogP contribution < -0.4 is 10.2 Å². The van der Waals surface area contributed by atoms with Gasteiger partial charge in [0.15, 0.2) is 0 Å². The molecule has 0 aromatic heterocycles. The van der Waals surface area contributed by atoms with Crippen molar-refractivity contribution in [3.05, 3.63) is 64.1 Å². The van der Waals surface area contributed by atoms with Crippen molar-refractivity contribution in [1.29, 1.82) is 0 Å². The average molecular weight is 409 g/mol. The fourth-order valence-corrected chi connectivity index (χ4v) is 4.65. The van der Waals surface area contributed by atoms with E-state index >= 15 is 0 Å². The van der Waals surface area contributed by atoms with E-state index in [9.17, 15) is 9.59 Å². The predicted octanol–water partition coefficient (Wildman–Crippen LogP) is 4.01. The molecule has 4 rings (SSSR count). The molecule has 6 heteroatoms. The van der Waals surface area contributed by atoms with Gasteiger partial charge in [-0.15, -0.1) is 0 Å². The SMILES string of the molecule is Cc1cccc(C=C2Sc3ccc(C(=O)NCC4CCCO4)cc3N(C)C2=O)c1. The minimum Gasteiger partial charge on any atom is -0.376 e. The lowest BCUT2D eigenvalue weighted by atomic mass is 10.1. The molecule has 0 saturated carbocycles. The summed E-state index contributed by atoms with van der Waals surface area (Å²) in [6, 6.07) is 13.6. The number of amides is 2. The van der Waals surface area contributed by atoms with Crippen molar-refractivity contribution in [2.75, 3.05) is 25.1 Å². The molecule has 0 aliphatic carbocycles. The van der Waals surface area contributed by atoms with Gasteiger partial charge in [-0.2, -0.15) is 0 Å². The summed E-state index contributed by atoms with van der Waals surface area (Å²) >= 11 is 1.44. The molecule has 0 bridgehead atoms. The minimum atomic E-state index is -0.143. The summed E-state index contributed by atoms with van der Waals surface area (Å²) in [5.41, 5.74) is 3.46. The lowest BCUT2D eigenvalue weighted by Gasteiger charge is -2.27. The maximum absolute atomic E-state index is 12.9. The Morgan fingerprint density at radius 1 is 1.31 bits per heavy atom. The number of fused-ring (bicyclic) bond motifs is 1. The number of nitrogens with zero attached hydrogens (tertiary/aromatic N) is 1. The molecular formula is C23H24N2O3S. The van der Waals surface area contributed by atoms with E-state index in [1.807, 2.05) is 43.3 Å². The van der Waals surface area contributed by atoms with Crippen LogP contribution >= 0.6 is 11.8 Å². The van der Waals surface area contributed by atoms with Gasteiger partial charge < -0.3 is 15.0 Å². The minimum absolute atomic E-state index is 0.0686. The summed E-state index contributed by atoms with van der Waals surface area (Å²) in [5, 5.41) is 2.93. The van der Waals surface area contributed by atoms with E-state index in [0.717, 1.165) is 41.2 Å². The maximum atomic E-state index is 12.9. The largest absolute Gasteiger partial charge is 0.376 e. The summed E-state index contributed by atoms with van der Waals surface area (Å²) in [4.78, 5) is 28.6. The van der Waals surface area contributed by atoms with Crippen LogP contribution in [0.3, 0.4) is 0 Å². The van der Waals surface area contributed by atoms with Gasteiger partial charge in [-0.3, -0.25) is 9.59 Å². The smallest absolute Gasteiger partial charge is 0.264 e. The van der Waals surface area contributed by atoms with E-state index in [0.29, 0.717) is 17.0 Å². The van der Waals surface area contributed by atoms with Crippen LogP contribution in [0.1, 0.15) is 34.3 Å². The Morgan fingerprint density at radius 2 is 2.17 bits per heavy atom. The summed E-state index contributed by atoms with van der Waals surface area (Å²) in [6.45, 7) is 3.31. The second kappa shape index (κ2) is 8.43. The highest BCUT2D eigenvalue weighted by atomic mass is 32.2. The first kappa shape index (κ1) is 19.7. The summed E-state index contributed by atoms with van der Waals surface area (Å²) < 4.78 is 5.55. The van der Waals surface area contributed by atoms with Gasteiger partial charge in [-0.05, 0) is 49.6 Å². The Bertz CT molecular complexity index is 980. The molecule has 29 heavy (non-hydrogen) atoms. The number of carbonyl (C=O) groups is 2. The van der Waals surface area contributed by atoms with Crippen molar-refractivity contribution in [3.63, 3.8) is 0 Å². The number of likely N-dealkylation sites (N-methyl/N-ethyl adjacent to an activating group) is 1. The van der Waals surface area contributed by atoms with Crippen molar-refractivity contribution in [1.82, 2.24) is 5.32 Å². The number of benzene rings is 2. The average Bonchev–Trinajstić information content (AvgIpc) is 3.23. The van der Waals surface area contributed by atoms with Gasteiger partial charge in [0.2, 0.25) is 0 Å². The molecule has 1 N–H and O–H groups in total. The van der Waals surface area contributed by atoms with Gasteiger partial charge in [-0.1, -0.05) is 41.6 Å². The quantitative estimate of drug-likeness (QED) is 0.777. The Hall–Kier alpha value is -2.57. The van der Waals surface area contributed by atoms with Crippen LogP contribution in [0.4, 0.5) is 5.69 Å². The van der Waals surface area contributed by atoms with Crippen molar-refractivity contribution in [3.8, 4) is 0 Å². The maximum Gasteiger partial charge on any atom is 0.264 e. The van der Waals surface area contributed by atoms with Crippen molar-refractivity contribution in [2.24, 2.45) is 0 Å². The first-order valence-corrected chi connectivity index (χ1v) is 10.6. The van der Waals surface area contributed by atoms with Crippen LogP contribution in [0.25, 0.3) is 6.08 Å². The number of hydrogen-bond donors (Lipinski definition) is 1. The van der Waals surface area contributed by atoms with Crippen LogP contribution in [-0.2, 0) is 9.53 Å². The highest BCUT2D eigenvalue weighted by Crippen LogP contribution is 2.42. The third kappa shape index (κ3) is 4.38. The zero-order valence-electron chi connectivity index (χ0n) is 16.6. The van der Waals surface area contributed by atoms with Gasteiger partial charge >= 0.3 is 0 Å². The van der Waals surface area contributed by atoms with Gasteiger partial charge in [0, 0.05) is 30.7 Å². The first-order valence-electron chi connectivity index (χ1n) is 9.79. The van der Waals surface area contributed by atoms with Crippen LogP contribution in [-0.4, -0.2) is 38.1 Å². The molecule has 2 amide bonds. The molecule has 2 heterocycles. The zero-order chi connectivity index (χ0) is 20.4. The monoisotopic (exact) mass is 408 g/mol. The van der Waals surface area contributed by atoms with E-state index in [4.69, 9.17) is 4.74 Å². The summed E-state index contributed by atoms with van der Waals surface area (Å²) in [6.07, 6.45) is 4.04. The van der Waals surface area contributed by atoms with Crippen LogP contribution in [0.2, 0.25) is 0 Å². The fourth-order valence-electron chi connectivity index (χ4n) is 3.56. The molecule has 2 aliphatic rings.